The van der Waals surface area contributed by atoms with Crippen LogP contribution in [0.4, 0.5) is 11.4 Å². The van der Waals surface area contributed by atoms with Gasteiger partial charge in [0.15, 0.2) is 0 Å². The second kappa shape index (κ2) is 11.3. The smallest absolute Gasteiger partial charge is 0.256 e. The number of nitrogens with zero attached hydrogens (tertiary/aromatic N) is 1. The number of hydrogen-bond acceptors (Lipinski definition) is 4. The largest absolute Gasteiger partial charge is 0.396 e. The zero-order chi connectivity index (χ0) is 25.6. The summed E-state index contributed by atoms with van der Waals surface area (Å²) in [5.41, 5.74) is 4.93. The van der Waals surface area contributed by atoms with Gasteiger partial charge in [-0.3, -0.25) is 9.59 Å². The van der Waals surface area contributed by atoms with Gasteiger partial charge < -0.3 is 15.3 Å². The zero-order valence-corrected chi connectivity index (χ0v) is 20.9. The Kier molecular flexibility index (Phi) is 7.49. The minimum Gasteiger partial charge on any atom is -0.396 e. The maximum Gasteiger partial charge on any atom is 0.256 e. The fraction of sp³-hybridized carbons (Fsp3) is 0.0968. The predicted octanol–water partition coefficient (Wildman–Crippen LogP) is 6.51. The number of amides is 2. The number of para-hydroxylation sites is 1. The van der Waals surface area contributed by atoms with Crippen molar-refractivity contribution in [2.24, 2.45) is 0 Å². The van der Waals surface area contributed by atoms with Gasteiger partial charge in [-0.05, 0) is 51.9 Å². The summed E-state index contributed by atoms with van der Waals surface area (Å²) in [6.45, 7) is 0.391. The highest BCUT2D eigenvalue weighted by atomic mass is 32.2. The number of benzene rings is 4. The van der Waals surface area contributed by atoms with Gasteiger partial charge in [-0.15, -0.1) is 0 Å². The van der Waals surface area contributed by atoms with Crippen LogP contribution in [0.25, 0.3) is 11.1 Å². The Bertz CT molecular complexity index is 1450. The number of anilines is 2. The maximum absolute atomic E-state index is 13.1. The monoisotopic (exact) mass is 506 g/mol. The van der Waals surface area contributed by atoms with E-state index in [2.05, 4.69) is 5.32 Å². The molecule has 4 aromatic carbocycles. The van der Waals surface area contributed by atoms with Crippen molar-refractivity contribution >= 4 is 35.0 Å². The van der Waals surface area contributed by atoms with Crippen LogP contribution in [0, 0.1) is 0 Å². The van der Waals surface area contributed by atoms with E-state index >= 15 is 0 Å². The molecular formula is C31H26N2O3S. The lowest BCUT2D eigenvalue weighted by Gasteiger charge is -2.22. The van der Waals surface area contributed by atoms with Crippen molar-refractivity contribution in [3.8, 4) is 11.1 Å². The molecule has 5 nitrogen and oxygen atoms in total. The molecule has 2 N–H and O–H groups in total. The van der Waals surface area contributed by atoms with Gasteiger partial charge in [0, 0.05) is 35.3 Å². The molecule has 0 spiro atoms. The normalized spacial score (nSPS) is 12.9. The minimum absolute atomic E-state index is 0.00269. The standard InChI is InChI=1S/C31H26N2O3S/c34-19-18-25-20-30(35)33(28-12-6-7-13-29(28)37-25)21-22-14-16-24(17-15-22)32-31(36)27-11-5-4-10-26(27)23-8-2-1-3-9-23/h1-17,20,34H,18-19,21H2,(H,32,36). The van der Waals surface area contributed by atoms with E-state index in [0.717, 1.165) is 32.2 Å². The first-order chi connectivity index (χ1) is 18.1. The summed E-state index contributed by atoms with van der Waals surface area (Å²) in [7, 11) is 0. The van der Waals surface area contributed by atoms with Gasteiger partial charge in [0.1, 0.15) is 0 Å². The van der Waals surface area contributed by atoms with Gasteiger partial charge in [0.2, 0.25) is 0 Å². The van der Waals surface area contributed by atoms with Crippen LogP contribution < -0.4 is 10.2 Å². The minimum atomic E-state index is -0.178. The summed E-state index contributed by atoms with van der Waals surface area (Å²) in [6.07, 6.45) is 2.06. The second-order valence-corrected chi connectivity index (χ2v) is 9.81. The van der Waals surface area contributed by atoms with Crippen LogP contribution in [-0.2, 0) is 11.3 Å². The van der Waals surface area contributed by atoms with Gasteiger partial charge in [-0.25, -0.2) is 0 Å². The van der Waals surface area contributed by atoms with Crippen LogP contribution >= 0.6 is 11.8 Å². The second-order valence-electron chi connectivity index (χ2n) is 8.64. The number of rotatable bonds is 7. The van der Waals surface area contributed by atoms with Gasteiger partial charge in [0.25, 0.3) is 11.8 Å². The first-order valence-corrected chi connectivity index (χ1v) is 12.9. The van der Waals surface area contributed by atoms with Gasteiger partial charge in [0.05, 0.1) is 12.2 Å². The van der Waals surface area contributed by atoms with Crippen LogP contribution in [0.15, 0.2) is 119 Å². The zero-order valence-electron chi connectivity index (χ0n) is 20.1. The van der Waals surface area contributed by atoms with E-state index in [1.54, 1.807) is 11.0 Å². The Balaban J connectivity index is 1.33. The Morgan fingerprint density at radius 3 is 2.32 bits per heavy atom. The molecule has 2 amide bonds. The molecule has 184 valence electrons. The predicted molar refractivity (Wildman–Crippen MR) is 150 cm³/mol. The fourth-order valence-electron chi connectivity index (χ4n) is 4.29. The molecule has 0 atom stereocenters. The molecule has 0 aromatic heterocycles. The molecule has 0 unspecified atom stereocenters. The van der Waals surface area contributed by atoms with Crippen molar-refractivity contribution in [1.29, 1.82) is 0 Å². The van der Waals surface area contributed by atoms with E-state index in [-0.39, 0.29) is 18.4 Å². The van der Waals surface area contributed by atoms with Crippen molar-refractivity contribution in [1.82, 2.24) is 0 Å². The highest BCUT2D eigenvalue weighted by molar-refractivity contribution is 8.03. The third-order valence-electron chi connectivity index (χ3n) is 6.11. The van der Waals surface area contributed by atoms with E-state index < -0.39 is 0 Å². The molecule has 1 aliphatic rings. The number of carbonyl (C=O) groups is 2. The van der Waals surface area contributed by atoms with Gasteiger partial charge in [-0.2, -0.15) is 0 Å². The Morgan fingerprint density at radius 1 is 0.838 bits per heavy atom. The average molecular weight is 507 g/mol. The number of fused-ring (bicyclic) bond motifs is 1. The van der Waals surface area contributed by atoms with Gasteiger partial charge >= 0.3 is 0 Å². The summed E-state index contributed by atoms with van der Waals surface area (Å²) in [4.78, 5) is 29.8. The van der Waals surface area contributed by atoms with E-state index in [1.165, 1.54) is 11.8 Å². The molecule has 0 saturated carbocycles. The van der Waals surface area contributed by atoms with Crippen LogP contribution in [0.3, 0.4) is 0 Å². The summed E-state index contributed by atoms with van der Waals surface area (Å²) >= 11 is 1.52. The van der Waals surface area contributed by atoms with Crippen molar-refractivity contribution in [2.45, 2.75) is 17.9 Å². The molecule has 1 heterocycles. The molecule has 0 aliphatic carbocycles. The van der Waals surface area contributed by atoms with Crippen LogP contribution in [-0.4, -0.2) is 23.5 Å². The Hall–Kier alpha value is -4.13. The van der Waals surface area contributed by atoms with E-state index in [0.29, 0.717) is 24.2 Å². The summed E-state index contributed by atoms with van der Waals surface area (Å²) in [5, 5.41) is 12.4. The lowest BCUT2D eigenvalue weighted by atomic mass is 9.99. The lowest BCUT2D eigenvalue weighted by Crippen LogP contribution is -2.28. The van der Waals surface area contributed by atoms with Crippen LogP contribution in [0.2, 0.25) is 0 Å². The summed E-state index contributed by atoms with van der Waals surface area (Å²) in [5.74, 6) is -0.293. The first kappa shape index (κ1) is 24.6. The molecule has 0 radical (unpaired) electrons. The highest BCUT2D eigenvalue weighted by Crippen LogP contribution is 2.39. The SMILES string of the molecule is O=C(Nc1ccc(CN2C(=O)C=C(CCO)Sc3ccccc32)cc1)c1ccccc1-c1ccccc1. The highest BCUT2D eigenvalue weighted by Gasteiger charge is 2.23. The number of hydrogen-bond donors (Lipinski definition) is 2. The quantitative estimate of drug-likeness (QED) is 0.300. The third-order valence-corrected chi connectivity index (χ3v) is 7.26. The van der Waals surface area contributed by atoms with Crippen LogP contribution in [0.5, 0.6) is 0 Å². The number of aliphatic hydroxyl groups is 1. The lowest BCUT2D eigenvalue weighted by molar-refractivity contribution is -0.114. The molecule has 0 fully saturated rings. The molecule has 4 aromatic rings. The van der Waals surface area contributed by atoms with E-state index in [4.69, 9.17) is 0 Å². The topological polar surface area (TPSA) is 69.6 Å². The number of nitrogens with one attached hydrogen (secondary N) is 1. The van der Waals surface area contributed by atoms with Crippen molar-refractivity contribution in [3.05, 3.63) is 125 Å². The number of carbonyl (C=O) groups excluding carboxylic acids is 2. The van der Waals surface area contributed by atoms with Crippen molar-refractivity contribution in [2.75, 3.05) is 16.8 Å². The van der Waals surface area contributed by atoms with Crippen molar-refractivity contribution < 1.29 is 14.7 Å². The Morgan fingerprint density at radius 2 is 1.54 bits per heavy atom. The third kappa shape index (κ3) is 5.66. The molecule has 5 rings (SSSR count). The number of aliphatic hydroxyl groups excluding tert-OH is 1. The maximum atomic E-state index is 13.1. The number of thioether (sulfide) groups is 1. The molecule has 0 bridgehead atoms. The average Bonchev–Trinajstić information content (AvgIpc) is 3.06. The van der Waals surface area contributed by atoms with E-state index in [9.17, 15) is 14.7 Å². The molecular weight excluding hydrogens is 480 g/mol. The molecule has 6 heteroatoms. The molecule has 1 aliphatic heterocycles. The van der Waals surface area contributed by atoms with Crippen LogP contribution in [0.1, 0.15) is 22.3 Å². The summed E-state index contributed by atoms with van der Waals surface area (Å²) < 4.78 is 0. The van der Waals surface area contributed by atoms with E-state index in [1.807, 2.05) is 103 Å². The first-order valence-electron chi connectivity index (χ1n) is 12.1. The van der Waals surface area contributed by atoms with Crippen molar-refractivity contribution in [3.63, 3.8) is 0 Å². The summed E-state index contributed by atoms with van der Waals surface area (Å²) in [6, 6.07) is 32.8. The fourth-order valence-corrected chi connectivity index (χ4v) is 5.36. The molecule has 37 heavy (non-hydrogen) atoms. The van der Waals surface area contributed by atoms with Gasteiger partial charge in [-0.1, -0.05) is 84.6 Å². The Labute approximate surface area is 220 Å². The molecule has 0 saturated heterocycles.